The number of hydrogen-bond donors (Lipinski definition) is 2. The second-order valence-electron chi connectivity index (χ2n) is 3.88. The highest BCUT2D eigenvalue weighted by atomic mass is 16.5. The zero-order valence-electron chi connectivity index (χ0n) is 8.94. The van der Waals surface area contributed by atoms with Crippen LogP contribution in [-0.2, 0) is 4.74 Å². The fourth-order valence-corrected chi connectivity index (χ4v) is 1.68. The third-order valence-corrected chi connectivity index (χ3v) is 2.66. The fourth-order valence-electron chi connectivity index (χ4n) is 1.68. The minimum atomic E-state index is 0.340. The molecule has 1 aliphatic rings. The van der Waals surface area contributed by atoms with Gasteiger partial charge >= 0.3 is 0 Å². The van der Waals surface area contributed by atoms with Crippen LogP contribution in [0.5, 0.6) is 0 Å². The van der Waals surface area contributed by atoms with E-state index in [1.165, 1.54) is 0 Å². The van der Waals surface area contributed by atoms with Gasteiger partial charge in [-0.1, -0.05) is 0 Å². The van der Waals surface area contributed by atoms with Crippen molar-refractivity contribution in [3.63, 3.8) is 0 Å². The smallest absolute Gasteiger partial charge is 0.142 e. The summed E-state index contributed by atoms with van der Waals surface area (Å²) in [5.41, 5.74) is 7.48. The van der Waals surface area contributed by atoms with Crippen LogP contribution in [-0.4, -0.2) is 24.7 Å². The van der Waals surface area contributed by atoms with E-state index in [0.717, 1.165) is 31.9 Å². The second-order valence-corrected chi connectivity index (χ2v) is 3.88. The molecule has 1 saturated heterocycles. The Morgan fingerprint density at radius 2 is 2.56 bits per heavy atom. The molecule has 1 aromatic heterocycles. The molecule has 5 nitrogen and oxygen atoms in total. The molecular weight excluding hydrogens is 204 g/mol. The highest BCUT2D eigenvalue weighted by molar-refractivity contribution is 5.65. The molecule has 2 rings (SSSR count). The number of nitrogen functional groups attached to an aromatic ring is 1. The first-order chi connectivity index (χ1) is 7.79. The van der Waals surface area contributed by atoms with Gasteiger partial charge in [0.25, 0.3) is 0 Å². The molecule has 0 aliphatic carbocycles. The van der Waals surface area contributed by atoms with Crippen molar-refractivity contribution in [2.24, 2.45) is 5.92 Å². The molecular formula is C11H14N4O. The van der Waals surface area contributed by atoms with Crippen molar-refractivity contribution in [2.45, 2.75) is 6.42 Å². The molecule has 0 saturated carbocycles. The van der Waals surface area contributed by atoms with Crippen molar-refractivity contribution in [3.8, 4) is 6.07 Å². The summed E-state index contributed by atoms with van der Waals surface area (Å²) in [6.07, 6.45) is 2.68. The van der Waals surface area contributed by atoms with E-state index in [1.54, 1.807) is 12.3 Å². The van der Waals surface area contributed by atoms with Crippen molar-refractivity contribution < 1.29 is 4.74 Å². The summed E-state index contributed by atoms with van der Waals surface area (Å²) < 4.78 is 5.28. The van der Waals surface area contributed by atoms with Gasteiger partial charge in [0.2, 0.25) is 0 Å². The summed E-state index contributed by atoms with van der Waals surface area (Å²) in [5.74, 6) is 0.537. The Morgan fingerprint density at radius 1 is 1.69 bits per heavy atom. The van der Waals surface area contributed by atoms with Gasteiger partial charge in [-0.25, -0.2) is 4.98 Å². The molecule has 84 valence electrons. The molecule has 3 N–H and O–H groups in total. The molecule has 1 atom stereocenters. The first-order valence-corrected chi connectivity index (χ1v) is 5.27. The van der Waals surface area contributed by atoms with Crippen molar-refractivity contribution in [1.82, 2.24) is 4.98 Å². The topological polar surface area (TPSA) is 84.0 Å². The zero-order chi connectivity index (χ0) is 11.4. The number of nitrogens with one attached hydrogen (secondary N) is 1. The van der Waals surface area contributed by atoms with Crippen LogP contribution < -0.4 is 11.1 Å². The Bertz CT molecular complexity index is 407. The molecule has 0 bridgehead atoms. The number of ether oxygens (including phenoxy) is 1. The van der Waals surface area contributed by atoms with E-state index in [2.05, 4.69) is 10.3 Å². The molecule has 1 aromatic rings. The third-order valence-electron chi connectivity index (χ3n) is 2.66. The summed E-state index contributed by atoms with van der Waals surface area (Å²) in [5, 5.41) is 11.9. The van der Waals surface area contributed by atoms with Crippen LogP contribution in [0, 0.1) is 17.2 Å². The lowest BCUT2D eigenvalue weighted by Crippen LogP contribution is -2.15. The van der Waals surface area contributed by atoms with Crippen LogP contribution >= 0.6 is 0 Å². The first-order valence-electron chi connectivity index (χ1n) is 5.27. The lowest BCUT2D eigenvalue weighted by atomic mass is 10.1. The van der Waals surface area contributed by atoms with Gasteiger partial charge in [0.1, 0.15) is 11.8 Å². The van der Waals surface area contributed by atoms with Crippen LogP contribution in [0.3, 0.4) is 0 Å². The summed E-state index contributed by atoms with van der Waals surface area (Å²) in [4.78, 5) is 3.97. The van der Waals surface area contributed by atoms with Gasteiger partial charge in [-0.05, 0) is 12.5 Å². The summed E-state index contributed by atoms with van der Waals surface area (Å²) in [6, 6.07) is 3.53. The van der Waals surface area contributed by atoms with Crippen LogP contribution in [0.4, 0.5) is 11.4 Å². The van der Waals surface area contributed by atoms with Gasteiger partial charge in [0.15, 0.2) is 0 Å². The largest absolute Gasteiger partial charge is 0.397 e. The normalized spacial score (nSPS) is 19.3. The standard InChI is InChI=1S/C11H14N4O/c12-4-9-3-10(13)11(6-14-9)15-5-8-1-2-16-7-8/h3,6,8,15H,1-2,5,7H2,(H2,13,14)/t8-/m1/s1. The van der Waals surface area contributed by atoms with E-state index in [9.17, 15) is 0 Å². The van der Waals surface area contributed by atoms with Gasteiger partial charge in [-0.2, -0.15) is 5.26 Å². The van der Waals surface area contributed by atoms with Crippen molar-refractivity contribution >= 4 is 11.4 Å². The van der Waals surface area contributed by atoms with Crippen molar-refractivity contribution in [1.29, 1.82) is 5.26 Å². The lowest BCUT2D eigenvalue weighted by Gasteiger charge is -2.12. The molecule has 0 amide bonds. The number of nitriles is 1. The molecule has 1 aliphatic heterocycles. The summed E-state index contributed by atoms with van der Waals surface area (Å²) in [6.45, 7) is 2.47. The summed E-state index contributed by atoms with van der Waals surface area (Å²) >= 11 is 0. The maximum atomic E-state index is 8.65. The monoisotopic (exact) mass is 218 g/mol. The highest BCUT2D eigenvalue weighted by Gasteiger charge is 2.15. The molecule has 0 unspecified atom stereocenters. The van der Waals surface area contributed by atoms with E-state index in [-0.39, 0.29) is 0 Å². The maximum Gasteiger partial charge on any atom is 0.142 e. The molecule has 0 radical (unpaired) electrons. The quantitative estimate of drug-likeness (QED) is 0.790. The number of rotatable bonds is 3. The van der Waals surface area contributed by atoms with Crippen LogP contribution in [0.2, 0.25) is 0 Å². The molecule has 5 heteroatoms. The zero-order valence-corrected chi connectivity index (χ0v) is 8.94. The molecule has 1 fully saturated rings. The average molecular weight is 218 g/mol. The molecule has 0 spiro atoms. The Morgan fingerprint density at radius 3 is 3.19 bits per heavy atom. The SMILES string of the molecule is N#Cc1cc(N)c(NC[C@H]2CCOC2)cn1. The van der Waals surface area contributed by atoms with Gasteiger partial charge in [0, 0.05) is 19.1 Å². The Labute approximate surface area is 94.2 Å². The number of pyridine rings is 1. The maximum absolute atomic E-state index is 8.65. The average Bonchev–Trinajstić information content (AvgIpc) is 2.80. The first kappa shape index (κ1) is 10.7. The van der Waals surface area contributed by atoms with Crippen molar-refractivity contribution in [2.75, 3.05) is 30.8 Å². The second kappa shape index (κ2) is 4.81. The Balaban J connectivity index is 1.96. The minimum absolute atomic E-state index is 0.340. The van der Waals surface area contributed by atoms with E-state index in [1.807, 2.05) is 6.07 Å². The number of aromatic nitrogens is 1. The van der Waals surface area contributed by atoms with E-state index < -0.39 is 0 Å². The van der Waals surface area contributed by atoms with Gasteiger partial charge in [-0.15, -0.1) is 0 Å². The van der Waals surface area contributed by atoms with Crippen LogP contribution in [0.15, 0.2) is 12.3 Å². The van der Waals surface area contributed by atoms with E-state index in [0.29, 0.717) is 17.3 Å². The van der Waals surface area contributed by atoms with Crippen molar-refractivity contribution in [3.05, 3.63) is 18.0 Å². The van der Waals surface area contributed by atoms with Crippen LogP contribution in [0.1, 0.15) is 12.1 Å². The minimum Gasteiger partial charge on any atom is -0.397 e. The number of nitrogens with two attached hydrogens (primary N) is 1. The number of nitrogens with zero attached hydrogens (tertiary/aromatic N) is 2. The Kier molecular flexibility index (Phi) is 3.22. The highest BCUT2D eigenvalue weighted by Crippen LogP contribution is 2.19. The fraction of sp³-hybridized carbons (Fsp3) is 0.455. The number of anilines is 2. The lowest BCUT2D eigenvalue weighted by molar-refractivity contribution is 0.187. The summed E-state index contributed by atoms with van der Waals surface area (Å²) in [7, 11) is 0. The molecule has 16 heavy (non-hydrogen) atoms. The van der Waals surface area contributed by atoms with E-state index in [4.69, 9.17) is 15.7 Å². The molecule has 2 heterocycles. The predicted octanol–water partition coefficient (Wildman–Crippen LogP) is 0.984. The van der Waals surface area contributed by atoms with Crippen LogP contribution in [0.25, 0.3) is 0 Å². The van der Waals surface area contributed by atoms with E-state index >= 15 is 0 Å². The van der Waals surface area contributed by atoms with Gasteiger partial charge in [-0.3, -0.25) is 0 Å². The van der Waals surface area contributed by atoms with Gasteiger partial charge < -0.3 is 15.8 Å². The predicted molar refractivity (Wildman–Crippen MR) is 60.8 cm³/mol. The number of hydrogen-bond acceptors (Lipinski definition) is 5. The Hall–Kier alpha value is -1.80. The molecule has 0 aromatic carbocycles. The third kappa shape index (κ3) is 2.41. The van der Waals surface area contributed by atoms with Gasteiger partial charge in [0.05, 0.1) is 24.2 Å².